The average Bonchev–Trinajstić information content (AvgIpc) is 3.29. The molecule has 3 amide bonds. The van der Waals surface area contributed by atoms with Gasteiger partial charge in [-0.2, -0.15) is 0 Å². The number of hydrogen-bond donors (Lipinski definition) is 1. The number of thioether (sulfide) groups is 1. The molecule has 3 heterocycles. The fraction of sp³-hybridized carbons (Fsp3) is 0.438. The Hall–Kier alpha value is -1.86. The van der Waals surface area contributed by atoms with Crippen molar-refractivity contribution in [2.24, 2.45) is 0 Å². The molecular formula is C16H17N3O3S. The zero-order valence-electron chi connectivity index (χ0n) is 12.5. The Labute approximate surface area is 138 Å². The summed E-state index contributed by atoms with van der Waals surface area (Å²) in [6, 6.07) is 6.33. The van der Waals surface area contributed by atoms with Gasteiger partial charge in [-0.25, -0.2) is 0 Å². The van der Waals surface area contributed by atoms with Crippen molar-refractivity contribution in [1.82, 2.24) is 15.1 Å². The first-order chi connectivity index (χ1) is 11.2. The van der Waals surface area contributed by atoms with E-state index in [4.69, 9.17) is 0 Å². The van der Waals surface area contributed by atoms with Gasteiger partial charge in [-0.3, -0.25) is 19.3 Å². The van der Waals surface area contributed by atoms with Gasteiger partial charge < -0.3 is 10.2 Å². The smallest absolute Gasteiger partial charge is 0.261 e. The minimum absolute atomic E-state index is 0.0779. The van der Waals surface area contributed by atoms with Gasteiger partial charge in [0.25, 0.3) is 11.8 Å². The predicted octanol–water partition coefficient (Wildman–Crippen LogP) is 0.546. The fourth-order valence-corrected chi connectivity index (χ4v) is 4.40. The van der Waals surface area contributed by atoms with E-state index < -0.39 is 0 Å². The van der Waals surface area contributed by atoms with Crippen LogP contribution in [-0.4, -0.2) is 64.3 Å². The molecule has 0 bridgehead atoms. The average molecular weight is 331 g/mol. The second-order valence-corrected chi connectivity index (χ2v) is 7.09. The van der Waals surface area contributed by atoms with E-state index in [0.717, 1.165) is 18.2 Å². The molecule has 2 atom stereocenters. The third-order valence-electron chi connectivity index (χ3n) is 4.66. The largest absolute Gasteiger partial charge is 0.331 e. The van der Waals surface area contributed by atoms with Gasteiger partial charge in [0.1, 0.15) is 0 Å². The highest BCUT2D eigenvalue weighted by molar-refractivity contribution is 7.99. The zero-order valence-corrected chi connectivity index (χ0v) is 13.3. The molecule has 120 valence electrons. The lowest BCUT2D eigenvalue weighted by atomic mass is 10.1. The van der Waals surface area contributed by atoms with Crippen LogP contribution in [0.4, 0.5) is 0 Å². The molecule has 0 aromatic heterocycles. The summed E-state index contributed by atoms with van der Waals surface area (Å²) in [5.74, 6) is 1.29. The number of rotatable bonds is 2. The van der Waals surface area contributed by atoms with Gasteiger partial charge in [0.15, 0.2) is 0 Å². The van der Waals surface area contributed by atoms with Crippen LogP contribution in [0.25, 0.3) is 0 Å². The summed E-state index contributed by atoms with van der Waals surface area (Å²) < 4.78 is 0. The van der Waals surface area contributed by atoms with E-state index in [2.05, 4.69) is 5.32 Å². The third-order valence-corrected chi connectivity index (χ3v) is 5.63. The normalized spacial score (nSPS) is 27.0. The molecule has 0 saturated carbocycles. The molecule has 2 fully saturated rings. The Morgan fingerprint density at radius 1 is 1.17 bits per heavy atom. The van der Waals surface area contributed by atoms with E-state index in [1.807, 2.05) is 4.90 Å². The second kappa shape index (κ2) is 5.65. The van der Waals surface area contributed by atoms with Gasteiger partial charge >= 0.3 is 0 Å². The Morgan fingerprint density at radius 2 is 1.87 bits per heavy atom. The minimum Gasteiger partial charge on any atom is -0.331 e. The highest BCUT2D eigenvalue weighted by Gasteiger charge is 2.44. The maximum Gasteiger partial charge on any atom is 0.261 e. The van der Waals surface area contributed by atoms with Crippen LogP contribution in [0.3, 0.4) is 0 Å². The first kappa shape index (κ1) is 14.7. The summed E-state index contributed by atoms with van der Waals surface area (Å²) >= 11 is 1.75. The molecule has 0 spiro atoms. The number of nitrogens with one attached hydrogen (secondary N) is 1. The van der Waals surface area contributed by atoms with E-state index in [1.165, 1.54) is 4.90 Å². The Morgan fingerprint density at radius 3 is 2.48 bits per heavy atom. The number of hydrogen-bond acceptors (Lipinski definition) is 5. The van der Waals surface area contributed by atoms with Crippen molar-refractivity contribution in [3.05, 3.63) is 35.4 Å². The molecule has 6 nitrogen and oxygen atoms in total. The number of nitrogens with zero attached hydrogens (tertiary/aromatic N) is 2. The van der Waals surface area contributed by atoms with Crippen molar-refractivity contribution in [2.75, 3.05) is 24.7 Å². The molecule has 1 aromatic carbocycles. The molecule has 23 heavy (non-hydrogen) atoms. The lowest BCUT2D eigenvalue weighted by Crippen LogP contribution is -2.42. The van der Waals surface area contributed by atoms with Gasteiger partial charge in [-0.1, -0.05) is 12.1 Å². The van der Waals surface area contributed by atoms with Gasteiger partial charge in [0, 0.05) is 18.8 Å². The Bertz CT molecular complexity index is 652. The van der Waals surface area contributed by atoms with Crippen LogP contribution in [0, 0.1) is 0 Å². The minimum atomic E-state index is -0.303. The van der Waals surface area contributed by atoms with Crippen LogP contribution in [0.5, 0.6) is 0 Å². The van der Waals surface area contributed by atoms with Gasteiger partial charge in [-0.15, -0.1) is 11.8 Å². The van der Waals surface area contributed by atoms with Crippen LogP contribution in [-0.2, 0) is 4.79 Å². The van der Waals surface area contributed by atoms with E-state index >= 15 is 0 Å². The highest BCUT2D eigenvalue weighted by Crippen LogP contribution is 2.28. The Kier molecular flexibility index (Phi) is 3.61. The maximum atomic E-state index is 12.5. The van der Waals surface area contributed by atoms with Crippen molar-refractivity contribution in [3.8, 4) is 0 Å². The van der Waals surface area contributed by atoms with E-state index in [1.54, 1.807) is 36.0 Å². The molecule has 4 rings (SSSR count). The summed E-state index contributed by atoms with van der Waals surface area (Å²) in [6.07, 6.45) is 0.492. The summed E-state index contributed by atoms with van der Waals surface area (Å²) in [6.45, 7) is 1.25. The van der Waals surface area contributed by atoms with Gasteiger partial charge in [-0.05, 0) is 18.6 Å². The number of fused-ring (bicyclic) bond motifs is 1. The molecule has 3 aliphatic heterocycles. The molecule has 3 aliphatic rings. The van der Waals surface area contributed by atoms with Crippen LogP contribution < -0.4 is 5.32 Å². The standard InChI is InChI=1S/C16H17N3O3S/c20-14-11-3-1-2-4-12(11)15(21)19(14)10-7-13(17-8-10)16(22)18-5-6-23-9-18/h1-4,10,13,17H,5-9H2/t10-,13-/m0/s1. The monoisotopic (exact) mass is 331 g/mol. The van der Waals surface area contributed by atoms with Crippen molar-refractivity contribution in [1.29, 1.82) is 0 Å². The Balaban J connectivity index is 1.49. The third kappa shape index (κ3) is 2.35. The molecule has 7 heteroatoms. The predicted molar refractivity (Wildman–Crippen MR) is 86.2 cm³/mol. The fourth-order valence-electron chi connectivity index (χ4n) is 3.45. The number of imide groups is 1. The lowest BCUT2D eigenvalue weighted by molar-refractivity contribution is -0.131. The molecule has 2 saturated heterocycles. The summed E-state index contributed by atoms with van der Waals surface area (Å²) in [7, 11) is 0. The van der Waals surface area contributed by atoms with Crippen molar-refractivity contribution in [3.63, 3.8) is 0 Å². The van der Waals surface area contributed by atoms with Gasteiger partial charge in [0.05, 0.1) is 29.1 Å². The van der Waals surface area contributed by atoms with E-state index in [9.17, 15) is 14.4 Å². The number of carbonyl (C=O) groups is 3. The number of benzene rings is 1. The molecule has 1 aromatic rings. The van der Waals surface area contributed by atoms with Crippen LogP contribution >= 0.6 is 11.8 Å². The van der Waals surface area contributed by atoms with Crippen molar-refractivity contribution < 1.29 is 14.4 Å². The van der Waals surface area contributed by atoms with Gasteiger partial charge in [0.2, 0.25) is 5.91 Å². The van der Waals surface area contributed by atoms with Crippen LogP contribution in [0.2, 0.25) is 0 Å². The highest BCUT2D eigenvalue weighted by atomic mass is 32.2. The molecular weight excluding hydrogens is 314 g/mol. The van der Waals surface area contributed by atoms with Crippen molar-refractivity contribution in [2.45, 2.75) is 18.5 Å². The van der Waals surface area contributed by atoms with E-state index in [-0.39, 0.29) is 29.8 Å². The van der Waals surface area contributed by atoms with E-state index in [0.29, 0.717) is 24.1 Å². The lowest BCUT2D eigenvalue weighted by Gasteiger charge is -2.22. The molecule has 0 radical (unpaired) electrons. The first-order valence-corrected chi connectivity index (χ1v) is 8.89. The van der Waals surface area contributed by atoms with Crippen LogP contribution in [0.1, 0.15) is 27.1 Å². The quantitative estimate of drug-likeness (QED) is 0.802. The first-order valence-electron chi connectivity index (χ1n) is 7.73. The number of amides is 3. The topological polar surface area (TPSA) is 69.7 Å². The molecule has 0 aliphatic carbocycles. The zero-order chi connectivity index (χ0) is 16.0. The SMILES string of the molecule is O=C([C@@H]1C[C@H](N2C(=O)c3ccccc3C2=O)CN1)N1CCSC1. The molecule has 0 unspecified atom stereocenters. The van der Waals surface area contributed by atoms with Crippen LogP contribution in [0.15, 0.2) is 24.3 Å². The summed E-state index contributed by atoms with van der Waals surface area (Å²) in [5, 5.41) is 3.18. The van der Waals surface area contributed by atoms with Crippen molar-refractivity contribution >= 4 is 29.5 Å². The summed E-state index contributed by atoms with van der Waals surface area (Å²) in [4.78, 5) is 40.6. The maximum absolute atomic E-state index is 12.5. The summed E-state index contributed by atoms with van der Waals surface area (Å²) in [5.41, 5.74) is 0.923. The molecule has 1 N–H and O–H groups in total. The second-order valence-electron chi connectivity index (χ2n) is 6.02. The number of carbonyl (C=O) groups excluding carboxylic acids is 3.